The number of carbonyl (C=O) groups excluding carboxylic acids is 1. The van der Waals surface area contributed by atoms with Crippen molar-refractivity contribution in [2.24, 2.45) is 0 Å². The van der Waals surface area contributed by atoms with Gasteiger partial charge in [0, 0.05) is 11.3 Å². The molecule has 0 saturated carbocycles. The highest BCUT2D eigenvalue weighted by Gasteiger charge is 2.39. The summed E-state index contributed by atoms with van der Waals surface area (Å²) in [7, 11) is 0. The van der Waals surface area contributed by atoms with Crippen LogP contribution in [0.5, 0.6) is 11.5 Å². The van der Waals surface area contributed by atoms with Crippen LogP contribution in [0.2, 0.25) is 0 Å². The zero-order valence-electron chi connectivity index (χ0n) is 15.9. The molecule has 0 aliphatic rings. The van der Waals surface area contributed by atoms with E-state index in [-0.39, 0.29) is 5.01 Å². The number of hydrogen-bond acceptors (Lipinski definition) is 4. The maximum atomic E-state index is 13.5. The number of thiazole rings is 1. The van der Waals surface area contributed by atoms with Crippen LogP contribution in [-0.4, -0.2) is 10.9 Å². The summed E-state index contributed by atoms with van der Waals surface area (Å²) >= 11 is 0.704. The molecular formula is C23H15F3N2O2S. The molecule has 4 nitrogen and oxygen atoms in total. The van der Waals surface area contributed by atoms with Crippen LogP contribution < -0.4 is 10.1 Å². The predicted octanol–water partition coefficient (Wildman–Crippen LogP) is 6.87. The van der Waals surface area contributed by atoms with Crippen molar-refractivity contribution in [3.63, 3.8) is 0 Å². The monoisotopic (exact) mass is 440 g/mol. The third-order valence-electron chi connectivity index (χ3n) is 4.21. The summed E-state index contributed by atoms with van der Waals surface area (Å²) in [6.07, 6.45) is -4.75. The third kappa shape index (κ3) is 4.92. The van der Waals surface area contributed by atoms with E-state index in [1.165, 1.54) is 0 Å². The van der Waals surface area contributed by atoms with Gasteiger partial charge in [0.25, 0.3) is 5.91 Å². The SMILES string of the molecule is O=C(Nc1ccc(Oc2ccccc2)cc1)c1sc(-c2ccccc2)nc1C(F)(F)F. The Hall–Kier alpha value is -3.65. The van der Waals surface area contributed by atoms with Gasteiger partial charge in [-0.25, -0.2) is 4.98 Å². The molecule has 0 saturated heterocycles. The summed E-state index contributed by atoms with van der Waals surface area (Å²) < 4.78 is 46.1. The maximum Gasteiger partial charge on any atom is 0.435 e. The number of carbonyl (C=O) groups is 1. The van der Waals surface area contributed by atoms with E-state index < -0.39 is 22.7 Å². The van der Waals surface area contributed by atoms with Gasteiger partial charge in [0.05, 0.1) is 0 Å². The van der Waals surface area contributed by atoms with Crippen molar-refractivity contribution in [1.82, 2.24) is 4.98 Å². The van der Waals surface area contributed by atoms with E-state index in [4.69, 9.17) is 4.74 Å². The van der Waals surface area contributed by atoms with Gasteiger partial charge in [-0.05, 0) is 36.4 Å². The molecule has 1 N–H and O–H groups in total. The smallest absolute Gasteiger partial charge is 0.435 e. The minimum Gasteiger partial charge on any atom is -0.457 e. The van der Waals surface area contributed by atoms with Gasteiger partial charge in [0.15, 0.2) is 5.69 Å². The molecule has 31 heavy (non-hydrogen) atoms. The predicted molar refractivity (Wildman–Crippen MR) is 113 cm³/mol. The molecule has 0 aliphatic carbocycles. The average Bonchev–Trinajstić information content (AvgIpc) is 3.23. The van der Waals surface area contributed by atoms with Crippen LogP contribution in [-0.2, 0) is 6.18 Å². The lowest BCUT2D eigenvalue weighted by atomic mass is 10.2. The molecule has 8 heteroatoms. The van der Waals surface area contributed by atoms with Crippen molar-refractivity contribution in [1.29, 1.82) is 0 Å². The number of hydrogen-bond donors (Lipinski definition) is 1. The van der Waals surface area contributed by atoms with Crippen molar-refractivity contribution < 1.29 is 22.7 Å². The first-order chi connectivity index (χ1) is 14.9. The second kappa shape index (κ2) is 8.61. The van der Waals surface area contributed by atoms with Crippen molar-refractivity contribution >= 4 is 22.9 Å². The van der Waals surface area contributed by atoms with E-state index in [2.05, 4.69) is 10.3 Å². The number of para-hydroxylation sites is 1. The summed E-state index contributed by atoms with van der Waals surface area (Å²) in [6, 6.07) is 23.9. The lowest BCUT2D eigenvalue weighted by Crippen LogP contribution is -2.17. The summed E-state index contributed by atoms with van der Waals surface area (Å²) in [6.45, 7) is 0. The van der Waals surface area contributed by atoms with Crippen molar-refractivity contribution in [3.8, 4) is 22.1 Å². The molecule has 1 aromatic heterocycles. The Morgan fingerprint density at radius 2 is 1.42 bits per heavy atom. The van der Waals surface area contributed by atoms with Gasteiger partial charge in [-0.2, -0.15) is 13.2 Å². The molecule has 1 heterocycles. The van der Waals surface area contributed by atoms with Crippen molar-refractivity contribution in [3.05, 3.63) is 95.5 Å². The fourth-order valence-corrected chi connectivity index (χ4v) is 3.78. The minimum atomic E-state index is -4.75. The highest BCUT2D eigenvalue weighted by molar-refractivity contribution is 7.17. The fraction of sp³-hybridized carbons (Fsp3) is 0.0435. The van der Waals surface area contributed by atoms with Crippen LogP contribution in [0.25, 0.3) is 10.6 Å². The zero-order valence-corrected chi connectivity index (χ0v) is 16.7. The summed E-state index contributed by atoms with van der Waals surface area (Å²) in [5, 5.41) is 2.63. The Morgan fingerprint density at radius 1 is 0.839 bits per heavy atom. The first kappa shape index (κ1) is 20.6. The third-order valence-corrected chi connectivity index (χ3v) is 5.32. The topological polar surface area (TPSA) is 51.2 Å². The first-order valence-electron chi connectivity index (χ1n) is 9.18. The molecule has 0 atom stereocenters. The molecule has 4 aromatic rings. The molecule has 4 rings (SSSR count). The molecule has 0 spiro atoms. The van der Waals surface area contributed by atoms with Gasteiger partial charge in [0.1, 0.15) is 21.4 Å². The number of anilines is 1. The zero-order chi connectivity index (χ0) is 21.8. The van der Waals surface area contributed by atoms with Crippen LogP contribution in [0.4, 0.5) is 18.9 Å². The minimum absolute atomic E-state index is 0.129. The van der Waals surface area contributed by atoms with Crippen molar-refractivity contribution in [2.75, 3.05) is 5.32 Å². The number of nitrogens with one attached hydrogen (secondary N) is 1. The quantitative estimate of drug-likeness (QED) is 0.368. The summed E-state index contributed by atoms with van der Waals surface area (Å²) in [4.78, 5) is 15.8. The molecular weight excluding hydrogens is 425 g/mol. The van der Waals surface area contributed by atoms with Gasteiger partial charge < -0.3 is 10.1 Å². The molecule has 0 fully saturated rings. The number of halogens is 3. The molecule has 156 valence electrons. The molecule has 0 unspecified atom stereocenters. The number of nitrogens with zero attached hydrogens (tertiary/aromatic N) is 1. The van der Waals surface area contributed by atoms with Crippen LogP contribution >= 0.6 is 11.3 Å². The number of ether oxygens (including phenoxy) is 1. The molecule has 1 amide bonds. The standard InChI is InChI=1S/C23H15F3N2O2S/c24-23(25,26)20-19(31-22(28-20)15-7-3-1-4-8-15)21(29)27-16-11-13-18(14-12-16)30-17-9-5-2-6-10-17/h1-14H,(H,27,29). The second-order valence-corrected chi connectivity index (χ2v) is 7.45. The van der Waals surface area contributed by atoms with Gasteiger partial charge in [-0.15, -0.1) is 11.3 Å². The van der Waals surface area contributed by atoms with E-state index in [9.17, 15) is 18.0 Å². The number of aromatic nitrogens is 1. The van der Waals surface area contributed by atoms with Crippen LogP contribution in [0.15, 0.2) is 84.9 Å². The highest BCUT2D eigenvalue weighted by atomic mass is 32.1. The van der Waals surface area contributed by atoms with Crippen LogP contribution in [0.1, 0.15) is 15.4 Å². The summed E-state index contributed by atoms with van der Waals surface area (Å²) in [5.74, 6) is 0.306. The number of amides is 1. The normalized spacial score (nSPS) is 11.2. The first-order valence-corrected chi connectivity index (χ1v) is 9.99. The van der Waals surface area contributed by atoms with E-state index in [0.717, 1.165) is 0 Å². The highest BCUT2D eigenvalue weighted by Crippen LogP contribution is 2.38. The molecule has 0 bridgehead atoms. The van der Waals surface area contributed by atoms with E-state index in [1.54, 1.807) is 66.7 Å². The number of alkyl halides is 3. The van der Waals surface area contributed by atoms with Gasteiger partial charge >= 0.3 is 6.18 Å². The fourth-order valence-electron chi connectivity index (χ4n) is 2.79. The Balaban J connectivity index is 1.54. The van der Waals surface area contributed by atoms with E-state index in [1.807, 2.05) is 18.2 Å². The van der Waals surface area contributed by atoms with E-state index in [0.29, 0.717) is 34.1 Å². The van der Waals surface area contributed by atoms with Gasteiger partial charge in [0.2, 0.25) is 0 Å². The van der Waals surface area contributed by atoms with Crippen LogP contribution in [0.3, 0.4) is 0 Å². The summed E-state index contributed by atoms with van der Waals surface area (Å²) in [5.41, 5.74) is -0.342. The van der Waals surface area contributed by atoms with Crippen molar-refractivity contribution in [2.45, 2.75) is 6.18 Å². The Kier molecular flexibility index (Phi) is 5.73. The van der Waals surface area contributed by atoms with Gasteiger partial charge in [-0.1, -0.05) is 48.5 Å². The Labute approximate surface area is 180 Å². The number of benzene rings is 3. The van der Waals surface area contributed by atoms with Crippen LogP contribution in [0, 0.1) is 0 Å². The largest absolute Gasteiger partial charge is 0.457 e. The van der Waals surface area contributed by atoms with Gasteiger partial charge in [-0.3, -0.25) is 4.79 Å². The molecule has 3 aromatic carbocycles. The number of rotatable bonds is 5. The van der Waals surface area contributed by atoms with E-state index >= 15 is 0 Å². The lowest BCUT2D eigenvalue weighted by Gasteiger charge is -2.09. The second-order valence-electron chi connectivity index (χ2n) is 6.45. The Morgan fingerprint density at radius 3 is 2.03 bits per heavy atom. The molecule has 0 aliphatic heterocycles. The Bertz CT molecular complexity index is 1180. The maximum absolute atomic E-state index is 13.5. The average molecular weight is 440 g/mol. The molecule has 0 radical (unpaired) electrons. The lowest BCUT2D eigenvalue weighted by molar-refractivity contribution is -0.140.